The van der Waals surface area contributed by atoms with Gasteiger partial charge in [-0.05, 0) is 12.1 Å². The summed E-state index contributed by atoms with van der Waals surface area (Å²) in [6.07, 6.45) is 0. The highest BCUT2D eigenvalue weighted by molar-refractivity contribution is 5.84. The van der Waals surface area contributed by atoms with Gasteiger partial charge in [0.1, 0.15) is 11.6 Å². The van der Waals surface area contributed by atoms with Crippen LogP contribution in [0.1, 0.15) is 0 Å². The van der Waals surface area contributed by atoms with Gasteiger partial charge in [0.2, 0.25) is 6.79 Å². The first-order chi connectivity index (χ1) is 10.8. The minimum atomic E-state index is -0.294. The van der Waals surface area contributed by atoms with Crippen LogP contribution in [0.3, 0.4) is 0 Å². The molecule has 6 heteroatoms. The van der Waals surface area contributed by atoms with E-state index in [4.69, 9.17) is 15.2 Å². The van der Waals surface area contributed by atoms with Crippen LogP contribution >= 0.6 is 0 Å². The molecule has 0 atom stereocenters. The Morgan fingerprint density at radius 2 is 2.00 bits per heavy atom. The summed E-state index contributed by atoms with van der Waals surface area (Å²) < 4.78 is 26.3. The highest BCUT2D eigenvalue weighted by Crippen LogP contribution is 2.37. The predicted molar refractivity (Wildman–Crippen MR) is 80.3 cm³/mol. The van der Waals surface area contributed by atoms with Gasteiger partial charge in [0, 0.05) is 30.8 Å². The van der Waals surface area contributed by atoms with Crippen molar-refractivity contribution in [3.8, 4) is 22.9 Å². The molecule has 1 aromatic heterocycles. The van der Waals surface area contributed by atoms with E-state index in [1.807, 2.05) is 22.8 Å². The molecule has 4 rings (SSSR count). The zero-order valence-electron chi connectivity index (χ0n) is 11.8. The van der Waals surface area contributed by atoms with Crippen LogP contribution in [-0.4, -0.2) is 22.9 Å². The summed E-state index contributed by atoms with van der Waals surface area (Å²) in [6, 6.07) is 10.1. The van der Waals surface area contributed by atoms with Gasteiger partial charge in [-0.1, -0.05) is 12.1 Å². The topological polar surface area (TPSA) is 62.3 Å². The summed E-state index contributed by atoms with van der Waals surface area (Å²) in [6.45, 7) is 1.26. The lowest BCUT2D eigenvalue weighted by Gasteiger charge is -2.08. The van der Waals surface area contributed by atoms with Crippen LogP contribution in [0.4, 0.5) is 4.39 Å². The molecule has 2 aromatic carbocycles. The SMILES string of the molecule is NCCn1c(-c2cccc(F)c2)nc2cc3c(cc21)OCO3. The molecule has 112 valence electrons. The first-order valence-corrected chi connectivity index (χ1v) is 7.02. The molecule has 0 bridgehead atoms. The van der Waals surface area contributed by atoms with E-state index in [0.29, 0.717) is 36.0 Å². The van der Waals surface area contributed by atoms with Crippen LogP contribution in [0, 0.1) is 5.82 Å². The lowest BCUT2D eigenvalue weighted by Crippen LogP contribution is -2.11. The number of nitrogens with zero attached hydrogens (tertiary/aromatic N) is 2. The molecule has 22 heavy (non-hydrogen) atoms. The first kappa shape index (κ1) is 13.1. The van der Waals surface area contributed by atoms with Crippen molar-refractivity contribution < 1.29 is 13.9 Å². The molecule has 2 N–H and O–H groups in total. The Bertz CT molecular complexity index is 860. The molecule has 0 fully saturated rings. The van der Waals surface area contributed by atoms with Gasteiger partial charge in [-0.25, -0.2) is 9.37 Å². The van der Waals surface area contributed by atoms with Crippen molar-refractivity contribution in [3.05, 3.63) is 42.2 Å². The molecule has 0 saturated heterocycles. The molecule has 1 aliphatic rings. The Morgan fingerprint density at radius 3 is 2.77 bits per heavy atom. The van der Waals surface area contributed by atoms with E-state index in [2.05, 4.69) is 4.98 Å². The average molecular weight is 299 g/mol. The number of hydrogen-bond donors (Lipinski definition) is 1. The summed E-state index contributed by atoms with van der Waals surface area (Å²) in [5, 5.41) is 0. The number of imidazole rings is 1. The molecule has 0 radical (unpaired) electrons. The van der Waals surface area contributed by atoms with E-state index >= 15 is 0 Å². The fourth-order valence-electron chi connectivity index (χ4n) is 2.72. The second-order valence-corrected chi connectivity index (χ2v) is 5.08. The zero-order chi connectivity index (χ0) is 15.1. The van der Waals surface area contributed by atoms with Crippen LogP contribution in [-0.2, 0) is 6.54 Å². The van der Waals surface area contributed by atoms with Gasteiger partial charge in [0.25, 0.3) is 0 Å². The largest absolute Gasteiger partial charge is 0.454 e. The second-order valence-electron chi connectivity index (χ2n) is 5.08. The Kier molecular flexibility index (Phi) is 2.97. The highest BCUT2D eigenvalue weighted by atomic mass is 19.1. The summed E-state index contributed by atoms with van der Waals surface area (Å²) in [7, 11) is 0. The van der Waals surface area contributed by atoms with Gasteiger partial charge in [-0.2, -0.15) is 0 Å². The number of hydrogen-bond acceptors (Lipinski definition) is 4. The van der Waals surface area contributed by atoms with E-state index in [0.717, 1.165) is 11.0 Å². The molecule has 0 spiro atoms. The van der Waals surface area contributed by atoms with Crippen molar-refractivity contribution in [2.24, 2.45) is 5.73 Å². The van der Waals surface area contributed by atoms with Crippen LogP contribution in [0.5, 0.6) is 11.5 Å². The molecule has 3 aromatic rings. The molecule has 0 aliphatic carbocycles. The zero-order valence-corrected chi connectivity index (χ0v) is 11.8. The maximum Gasteiger partial charge on any atom is 0.231 e. The van der Waals surface area contributed by atoms with Crippen LogP contribution in [0.15, 0.2) is 36.4 Å². The average Bonchev–Trinajstić information content (AvgIpc) is 3.10. The van der Waals surface area contributed by atoms with Crippen LogP contribution in [0.2, 0.25) is 0 Å². The first-order valence-electron chi connectivity index (χ1n) is 7.02. The van der Waals surface area contributed by atoms with Gasteiger partial charge in [0.15, 0.2) is 11.5 Å². The van der Waals surface area contributed by atoms with Crippen molar-refractivity contribution >= 4 is 11.0 Å². The predicted octanol–water partition coefficient (Wildman–Crippen LogP) is 2.53. The third-order valence-electron chi connectivity index (χ3n) is 3.68. The van der Waals surface area contributed by atoms with Crippen molar-refractivity contribution in [3.63, 3.8) is 0 Å². The van der Waals surface area contributed by atoms with Crippen LogP contribution < -0.4 is 15.2 Å². The van der Waals surface area contributed by atoms with Gasteiger partial charge in [-0.15, -0.1) is 0 Å². The Balaban J connectivity index is 1.96. The van der Waals surface area contributed by atoms with E-state index in [1.165, 1.54) is 12.1 Å². The van der Waals surface area contributed by atoms with Crippen molar-refractivity contribution in [2.75, 3.05) is 13.3 Å². The third kappa shape index (κ3) is 2.00. The molecule has 5 nitrogen and oxygen atoms in total. The monoisotopic (exact) mass is 299 g/mol. The highest BCUT2D eigenvalue weighted by Gasteiger charge is 2.19. The Hall–Kier alpha value is -2.60. The standard InChI is InChI=1S/C16H14FN3O2/c17-11-3-1-2-10(6-11)16-19-12-7-14-15(22-9-21-14)8-13(12)20(16)5-4-18/h1-3,6-8H,4-5,9,18H2. The lowest BCUT2D eigenvalue weighted by atomic mass is 10.2. The molecule has 0 unspecified atom stereocenters. The van der Waals surface area contributed by atoms with Crippen LogP contribution in [0.25, 0.3) is 22.4 Å². The van der Waals surface area contributed by atoms with E-state index in [9.17, 15) is 4.39 Å². The minimum Gasteiger partial charge on any atom is -0.454 e. The Morgan fingerprint density at radius 1 is 1.18 bits per heavy atom. The summed E-state index contributed by atoms with van der Waals surface area (Å²) in [4.78, 5) is 4.63. The number of fused-ring (bicyclic) bond motifs is 2. The number of nitrogens with two attached hydrogens (primary N) is 1. The lowest BCUT2D eigenvalue weighted by molar-refractivity contribution is 0.174. The normalized spacial score (nSPS) is 13.0. The van der Waals surface area contributed by atoms with Crippen molar-refractivity contribution in [2.45, 2.75) is 6.54 Å². The number of ether oxygens (including phenoxy) is 2. The maximum absolute atomic E-state index is 13.5. The fraction of sp³-hybridized carbons (Fsp3) is 0.188. The molecule has 1 aliphatic heterocycles. The molecular formula is C16H14FN3O2. The smallest absolute Gasteiger partial charge is 0.231 e. The van der Waals surface area contributed by atoms with E-state index in [1.54, 1.807) is 6.07 Å². The van der Waals surface area contributed by atoms with Crippen molar-refractivity contribution in [1.29, 1.82) is 0 Å². The summed E-state index contributed by atoms with van der Waals surface area (Å²) >= 11 is 0. The maximum atomic E-state index is 13.5. The van der Waals surface area contributed by atoms with Gasteiger partial charge >= 0.3 is 0 Å². The van der Waals surface area contributed by atoms with Gasteiger partial charge in [0.05, 0.1) is 11.0 Å². The second kappa shape index (κ2) is 4.99. The summed E-state index contributed by atoms with van der Waals surface area (Å²) in [5.41, 5.74) is 8.11. The molecule has 0 saturated carbocycles. The molecular weight excluding hydrogens is 285 g/mol. The number of halogens is 1. The van der Waals surface area contributed by atoms with E-state index < -0.39 is 0 Å². The van der Waals surface area contributed by atoms with Gasteiger partial charge in [-0.3, -0.25) is 0 Å². The number of rotatable bonds is 3. The van der Waals surface area contributed by atoms with Crippen molar-refractivity contribution in [1.82, 2.24) is 9.55 Å². The fourth-order valence-corrected chi connectivity index (χ4v) is 2.72. The minimum absolute atomic E-state index is 0.218. The molecule has 2 heterocycles. The quantitative estimate of drug-likeness (QED) is 0.807. The summed E-state index contributed by atoms with van der Waals surface area (Å²) in [5.74, 6) is 1.76. The molecule has 0 amide bonds. The Labute approximate surface area is 126 Å². The third-order valence-corrected chi connectivity index (χ3v) is 3.68. The van der Waals surface area contributed by atoms with Gasteiger partial charge < -0.3 is 19.8 Å². The van der Waals surface area contributed by atoms with E-state index in [-0.39, 0.29) is 12.6 Å². The number of benzene rings is 2. The number of aromatic nitrogens is 2.